The van der Waals surface area contributed by atoms with Gasteiger partial charge in [-0.2, -0.15) is 0 Å². The molecule has 2 saturated carbocycles. The molecule has 174 valence electrons. The van der Waals surface area contributed by atoms with Crippen molar-refractivity contribution in [2.75, 3.05) is 0 Å². The number of carbonyl (C=O) groups is 1. The maximum Gasteiger partial charge on any atom is 0.314 e. The predicted octanol–water partition coefficient (Wildman–Crippen LogP) is 8.23. The van der Waals surface area contributed by atoms with Gasteiger partial charge in [0.05, 0.1) is 5.92 Å². The number of rotatable bonds is 5. The van der Waals surface area contributed by atoms with E-state index in [2.05, 4.69) is 53.7 Å². The molecule has 1 aromatic carbocycles. The fourth-order valence-electron chi connectivity index (χ4n) is 5.81. The fraction of sp³-hybridized carbons (Fsp3) is 0.759. The maximum absolute atomic E-state index is 12.6. The Morgan fingerprint density at radius 2 is 1.26 bits per heavy atom. The number of hydrogen-bond donors (Lipinski definition) is 0. The number of aryl methyl sites for hydroxylation is 1. The molecule has 0 N–H and O–H groups in total. The van der Waals surface area contributed by atoms with Crippen LogP contribution in [0.1, 0.15) is 105 Å². The molecule has 0 amide bonds. The zero-order valence-corrected chi connectivity index (χ0v) is 21.0. The molecule has 0 radical (unpaired) electrons. The molecule has 2 aliphatic rings. The molecule has 0 spiro atoms. The van der Waals surface area contributed by atoms with Gasteiger partial charge in [-0.25, -0.2) is 0 Å². The van der Waals surface area contributed by atoms with Crippen LogP contribution in [0.2, 0.25) is 0 Å². The van der Waals surface area contributed by atoms with Gasteiger partial charge < -0.3 is 4.74 Å². The van der Waals surface area contributed by atoms with Gasteiger partial charge in [0.15, 0.2) is 0 Å². The molecule has 0 aromatic heterocycles. The van der Waals surface area contributed by atoms with E-state index >= 15 is 0 Å². The summed E-state index contributed by atoms with van der Waals surface area (Å²) in [5.41, 5.74) is 2.17. The molecule has 0 unspecified atom stereocenters. The van der Waals surface area contributed by atoms with Gasteiger partial charge in [0.2, 0.25) is 0 Å². The van der Waals surface area contributed by atoms with Gasteiger partial charge in [0.1, 0.15) is 5.75 Å². The van der Waals surface area contributed by atoms with Gasteiger partial charge >= 0.3 is 5.97 Å². The quantitative estimate of drug-likeness (QED) is 0.350. The number of hydrogen-bond acceptors (Lipinski definition) is 2. The first kappa shape index (κ1) is 24.3. The van der Waals surface area contributed by atoms with E-state index in [1.54, 1.807) is 0 Å². The van der Waals surface area contributed by atoms with Crippen molar-refractivity contribution in [3.05, 3.63) is 29.8 Å². The highest BCUT2D eigenvalue weighted by Crippen LogP contribution is 2.41. The number of benzene rings is 1. The van der Waals surface area contributed by atoms with E-state index in [1.807, 2.05) is 12.1 Å². The minimum atomic E-state index is -0.0317. The average molecular weight is 427 g/mol. The summed E-state index contributed by atoms with van der Waals surface area (Å²) >= 11 is 0. The Bertz CT molecular complexity index is 688. The van der Waals surface area contributed by atoms with Crippen molar-refractivity contribution < 1.29 is 9.53 Å². The predicted molar refractivity (Wildman–Crippen MR) is 130 cm³/mol. The lowest BCUT2D eigenvalue weighted by Crippen LogP contribution is -2.30. The number of esters is 1. The second kappa shape index (κ2) is 10.1. The molecular weight excluding hydrogens is 380 g/mol. The summed E-state index contributed by atoms with van der Waals surface area (Å²) in [7, 11) is 0. The topological polar surface area (TPSA) is 26.3 Å². The molecule has 0 saturated heterocycles. The summed E-state index contributed by atoms with van der Waals surface area (Å²) in [6.07, 6.45) is 12.2. The third kappa shape index (κ3) is 7.09. The van der Waals surface area contributed by atoms with Crippen LogP contribution in [0, 0.1) is 34.5 Å². The van der Waals surface area contributed by atoms with Gasteiger partial charge in [-0.3, -0.25) is 4.79 Å². The SMILES string of the molecule is CC(C)(C)C1CCC(CCc2ccc(OC(=O)C3CCC(C(C)(C)C)CC3)cc2)CC1. The molecule has 0 aliphatic heterocycles. The van der Waals surface area contributed by atoms with Gasteiger partial charge in [-0.1, -0.05) is 66.5 Å². The van der Waals surface area contributed by atoms with Gasteiger partial charge in [0.25, 0.3) is 0 Å². The van der Waals surface area contributed by atoms with Crippen LogP contribution in [0.3, 0.4) is 0 Å². The molecule has 0 bridgehead atoms. The monoisotopic (exact) mass is 426 g/mol. The van der Waals surface area contributed by atoms with Crippen LogP contribution in [0.4, 0.5) is 0 Å². The van der Waals surface area contributed by atoms with Gasteiger partial charge in [0, 0.05) is 0 Å². The molecule has 2 fully saturated rings. The van der Waals surface area contributed by atoms with Crippen molar-refractivity contribution in [1.82, 2.24) is 0 Å². The Hall–Kier alpha value is -1.31. The Labute approximate surface area is 191 Å². The normalized spacial score (nSPS) is 27.7. The van der Waals surface area contributed by atoms with Crippen molar-refractivity contribution >= 4 is 5.97 Å². The number of ether oxygens (including phenoxy) is 1. The molecular formula is C29H46O2. The van der Waals surface area contributed by atoms with E-state index < -0.39 is 0 Å². The Kier molecular flexibility index (Phi) is 7.92. The number of carbonyl (C=O) groups excluding carboxylic acids is 1. The first-order chi connectivity index (χ1) is 14.5. The highest BCUT2D eigenvalue weighted by molar-refractivity contribution is 5.75. The molecule has 2 nitrogen and oxygen atoms in total. The third-order valence-electron chi connectivity index (χ3n) is 8.34. The standard InChI is InChI=1S/C29H46O2/c1-28(2,3)24-15-9-21(10-16-24)7-8-22-11-19-26(20-12-22)31-27(30)23-13-17-25(18-14-23)29(4,5)6/h11-12,19-21,23-25H,7-10,13-18H2,1-6H3. The highest BCUT2D eigenvalue weighted by atomic mass is 16.5. The summed E-state index contributed by atoms with van der Waals surface area (Å²) < 4.78 is 5.73. The first-order valence-electron chi connectivity index (χ1n) is 12.8. The Morgan fingerprint density at radius 3 is 1.74 bits per heavy atom. The summed E-state index contributed by atoms with van der Waals surface area (Å²) in [6, 6.07) is 8.29. The second-order valence-corrected chi connectivity index (χ2v) is 12.6. The van der Waals surface area contributed by atoms with Gasteiger partial charge in [-0.05, 0) is 97.6 Å². The minimum absolute atomic E-state index is 0.0317. The van der Waals surface area contributed by atoms with Crippen LogP contribution in [0.5, 0.6) is 5.75 Å². The van der Waals surface area contributed by atoms with Crippen molar-refractivity contribution in [3.8, 4) is 5.75 Å². The zero-order valence-electron chi connectivity index (χ0n) is 21.0. The van der Waals surface area contributed by atoms with E-state index in [4.69, 9.17) is 4.74 Å². The lowest BCUT2D eigenvalue weighted by molar-refractivity contribution is -0.140. The van der Waals surface area contributed by atoms with Crippen LogP contribution < -0.4 is 4.74 Å². The van der Waals surface area contributed by atoms with Crippen LogP contribution in [-0.4, -0.2) is 5.97 Å². The van der Waals surface area contributed by atoms with Crippen LogP contribution in [0.25, 0.3) is 0 Å². The summed E-state index contributed by atoms with van der Waals surface area (Å²) in [5, 5.41) is 0. The van der Waals surface area contributed by atoms with Crippen LogP contribution in [0.15, 0.2) is 24.3 Å². The minimum Gasteiger partial charge on any atom is -0.426 e. The molecule has 0 atom stereocenters. The summed E-state index contributed by atoms with van der Waals surface area (Å²) in [6.45, 7) is 14.1. The van der Waals surface area contributed by atoms with E-state index in [0.717, 1.165) is 49.9 Å². The van der Waals surface area contributed by atoms with E-state index in [9.17, 15) is 4.79 Å². The van der Waals surface area contributed by atoms with E-state index in [-0.39, 0.29) is 11.9 Å². The first-order valence-corrected chi connectivity index (χ1v) is 12.8. The molecule has 2 aliphatic carbocycles. The molecule has 0 heterocycles. The van der Waals surface area contributed by atoms with E-state index in [0.29, 0.717) is 16.6 Å². The molecule has 2 heteroatoms. The average Bonchev–Trinajstić information content (AvgIpc) is 2.72. The molecule has 3 rings (SSSR count). The smallest absolute Gasteiger partial charge is 0.314 e. The van der Waals surface area contributed by atoms with Crippen molar-refractivity contribution in [3.63, 3.8) is 0 Å². The second-order valence-electron chi connectivity index (χ2n) is 12.6. The van der Waals surface area contributed by atoms with Gasteiger partial charge in [-0.15, -0.1) is 0 Å². The largest absolute Gasteiger partial charge is 0.426 e. The summed E-state index contributed by atoms with van der Waals surface area (Å²) in [4.78, 5) is 12.6. The molecule has 1 aromatic rings. The highest BCUT2D eigenvalue weighted by Gasteiger charge is 2.33. The van der Waals surface area contributed by atoms with Crippen molar-refractivity contribution in [2.24, 2.45) is 34.5 Å². The summed E-state index contributed by atoms with van der Waals surface area (Å²) in [5.74, 6) is 3.23. The third-order valence-corrected chi connectivity index (χ3v) is 8.34. The van der Waals surface area contributed by atoms with Crippen LogP contribution >= 0.6 is 0 Å². The Morgan fingerprint density at radius 1 is 0.774 bits per heavy atom. The van der Waals surface area contributed by atoms with Crippen molar-refractivity contribution in [2.45, 2.75) is 106 Å². The zero-order chi connectivity index (χ0) is 22.6. The lowest BCUT2D eigenvalue weighted by Gasteiger charge is -2.37. The maximum atomic E-state index is 12.6. The lowest BCUT2D eigenvalue weighted by atomic mass is 9.69. The van der Waals surface area contributed by atoms with Crippen molar-refractivity contribution in [1.29, 1.82) is 0 Å². The molecule has 31 heavy (non-hydrogen) atoms. The fourth-order valence-corrected chi connectivity index (χ4v) is 5.81. The van der Waals surface area contributed by atoms with E-state index in [1.165, 1.54) is 37.7 Å². The Balaban J connectivity index is 1.40. The van der Waals surface area contributed by atoms with Crippen LogP contribution in [-0.2, 0) is 11.2 Å².